The maximum Gasteiger partial charge on any atom is 0.338 e. The monoisotopic (exact) mass is 741 g/mol. The molecule has 0 spiro atoms. The van der Waals surface area contributed by atoms with Crippen LogP contribution in [-0.2, 0) is 20.5 Å². The fourth-order valence-corrected chi connectivity index (χ4v) is 8.34. The van der Waals surface area contributed by atoms with E-state index in [4.69, 9.17) is 37.8 Å². The summed E-state index contributed by atoms with van der Waals surface area (Å²) in [6.07, 6.45) is 2.77. The molecule has 10 nitrogen and oxygen atoms in total. The highest BCUT2D eigenvalue weighted by Gasteiger charge is 2.38. The average Bonchev–Trinajstić information content (AvgIpc) is 3.72. The van der Waals surface area contributed by atoms with Crippen molar-refractivity contribution in [3.8, 4) is 22.6 Å². The molecule has 0 radical (unpaired) electrons. The largest absolute Gasteiger partial charge is 0.496 e. The van der Waals surface area contributed by atoms with E-state index in [1.54, 1.807) is 28.8 Å². The fraction of sp³-hybridized carbons (Fsp3) is 0.325. The van der Waals surface area contributed by atoms with Gasteiger partial charge in [-0.1, -0.05) is 29.3 Å². The van der Waals surface area contributed by atoms with Crippen LogP contribution in [0.5, 0.6) is 11.5 Å². The summed E-state index contributed by atoms with van der Waals surface area (Å²) < 4.78 is 17.6. The summed E-state index contributed by atoms with van der Waals surface area (Å²) in [6, 6.07) is 11.2. The maximum absolute atomic E-state index is 15.1. The van der Waals surface area contributed by atoms with Crippen LogP contribution in [0.4, 0.5) is 5.69 Å². The number of fused-ring (bicyclic) bond motifs is 4. The van der Waals surface area contributed by atoms with Crippen molar-refractivity contribution in [2.75, 3.05) is 25.2 Å². The van der Waals surface area contributed by atoms with Crippen LogP contribution in [0.3, 0.4) is 0 Å². The summed E-state index contributed by atoms with van der Waals surface area (Å²) in [7, 11) is 5.22. The third kappa shape index (κ3) is 5.51. The molecule has 4 heterocycles. The predicted octanol–water partition coefficient (Wildman–Crippen LogP) is 9.01. The van der Waals surface area contributed by atoms with E-state index in [2.05, 4.69) is 11.5 Å². The van der Waals surface area contributed by atoms with E-state index in [1.807, 2.05) is 69.8 Å². The van der Waals surface area contributed by atoms with Crippen molar-refractivity contribution in [3.05, 3.63) is 92.0 Å². The van der Waals surface area contributed by atoms with Crippen molar-refractivity contribution in [3.63, 3.8) is 0 Å². The Morgan fingerprint density at radius 2 is 1.73 bits per heavy atom. The number of methoxy groups -OCH3 is 1. The maximum atomic E-state index is 15.1. The van der Waals surface area contributed by atoms with Gasteiger partial charge < -0.3 is 28.6 Å². The Morgan fingerprint density at radius 3 is 2.37 bits per heavy atom. The molecule has 12 heteroatoms. The molecule has 270 valence electrons. The first-order valence-electron chi connectivity index (χ1n) is 17.2. The average molecular weight is 743 g/mol. The van der Waals surface area contributed by atoms with Crippen molar-refractivity contribution in [2.24, 2.45) is 14.1 Å². The highest BCUT2D eigenvalue weighted by molar-refractivity contribution is 6.35. The number of halogens is 2. The Balaban J connectivity index is 1.40. The van der Waals surface area contributed by atoms with Crippen molar-refractivity contribution >= 4 is 62.6 Å². The van der Waals surface area contributed by atoms with E-state index in [0.717, 1.165) is 60.9 Å². The molecular weight excluding hydrogens is 701 g/mol. The SMILES string of the molecule is COc1ccc(N2C[C@@H](C)n3c(c(CCCOc4cc(C)c(Cl)c(C)c4)c4ccc(Cl)c(-c5c(C)nn(C)c5C)c43)C2=O)c2c1c(C(=O)O)cn2C. The quantitative estimate of drug-likeness (QED) is 0.148. The second-order valence-corrected chi connectivity index (χ2v) is 14.5. The Labute approximate surface area is 312 Å². The number of benzene rings is 3. The smallest absolute Gasteiger partial charge is 0.338 e. The summed E-state index contributed by atoms with van der Waals surface area (Å²) in [4.78, 5) is 29.2. The van der Waals surface area contributed by atoms with Gasteiger partial charge >= 0.3 is 5.97 Å². The van der Waals surface area contributed by atoms with Gasteiger partial charge in [-0.05, 0) is 94.5 Å². The summed E-state index contributed by atoms with van der Waals surface area (Å²) in [6.45, 7) is 10.8. The van der Waals surface area contributed by atoms with Gasteiger partial charge in [0.1, 0.15) is 17.2 Å². The van der Waals surface area contributed by atoms with Crippen molar-refractivity contribution in [1.29, 1.82) is 0 Å². The molecule has 0 saturated carbocycles. The first kappa shape index (κ1) is 35.5. The van der Waals surface area contributed by atoms with Crippen molar-refractivity contribution in [1.82, 2.24) is 18.9 Å². The summed E-state index contributed by atoms with van der Waals surface area (Å²) in [5.41, 5.74) is 9.24. The Morgan fingerprint density at radius 1 is 1.02 bits per heavy atom. The number of aromatic carboxylic acids is 1. The number of aromatic nitrogens is 4. The molecule has 7 rings (SSSR count). The first-order chi connectivity index (χ1) is 24.7. The second kappa shape index (κ2) is 13.2. The van der Waals surface area contributed by atoms with Gasteiger partial charge in [0.25, 0.3) is 5.91 Å². The van der Waals surface area contributed by atoms with Crippen LogP contribution < -0.4 is 14.4 Å². The van der Waals surface area contributed by atoms with Gasteiger partial charge in [0.15, 0.2) is 0 Å². The zero-order valence-electron chi connectivity index (χ0n) is 30.5. The molecule has 1 amide bonds. The van der Waals surface area contributed by atoms with Gasteiger partial charge in [0.05, 0.1) is 52.1 Å². The molecule has 0 bridgehead atoms. The molecule has 0 fully saturated rings. The summed E-state index contributed by atoms with van der Waals surface area (Å²) in [5.74, 6) is -0.0714. The molecule has 1 aliphatic rings. The minimum absolute atomic E-state index is 0.107. The van der Waals surface area contributed by atoms with Crippen LogP contribution in [0, 0.1) is 27.7 Å². The number of rotatable bonds is 9. The normalized spacial score (nSPS) is 14.5. The molecular formula is C40H41Cl2N5O5. The molecule has 1 aliphatic heterocycles. The summed E-state index contributed by atoms with van der Waals surface area (Å²) in [5, 5.41) is 17.5. The van der Waals surface area contributed by atoms with Gasteiger partial charge in [-0.3, -0.25) is 9.48 Å². The van der Waals surface area contributed by atoms with E-state index in [-0.39, 0.29) is 17.5 Å². The zero-order valence-corrected chi connectivity index (χ0v) is 32.0. The first-order valence-corrected chi connectivity index (χ1v) is 18.0. The molecule has 52 heavy (non-hydrogen) atoms. The number of ether oxygens (including phenoxy) is 2. The topological polar surface area (TPSA) is 104 Å². The van der Waals surface area contributed by atoms with Crippen LogP contribution in [0.2, 0.25) is 10.0 Å². The number of hydrogen-bond donors (Lipinski definition) is 1. The second-order valence-electron chi connectivity index (χ2n) is 13.7. The number of carboxylic acid groups (broad SMARTS) is 1. The third-order valence-electron chi connectivity index (χ3n) is 10.4. The van der Waals surface area contributed by atoms with Gasteiger partial charge in [0, 0.05) is 60.1 Å². The molecule has 3 aromatic carbocycles. The van der Waals surface area contributed by atoms with Crippen LogP contribution >= 0.6 is 23.2 Å². The lowest BCUT2D eigenvalue weighted by Gasteiger charge is -2.35. The number of carbonyl (C=O) groups excluding carboxylic acids is 1. The number of aryl methyl sites for hydroxylation is 6. The van der Waals surface area contributed by atoms with Crippen LogP contribution in [0.1, 0.15) is 68.3 Å². The third-order valence-corrected chi connectivity index (χ3v) is 11.3. The Bertz CT molecular complexity index is 2430. The molecule has 6 aromatic rings. The lowest BCUT2D eigenvalue weighted by atomic mass is 9.98. The predicted molar refractivity (Wildman–Crippen MR) is 206 cm³/mol. The van der Waals surface area contributed by atoms with Gasteiger partial charge in [-0.2, -0.15) is 5.10 Å². The highest BCUT2D eigenvalue weighted by Crippen LogP contribution is 2.46. The Hall–Kier alpha value is -4.93. The minimum atomic E-state index is -1.07. The van der Waals surface area contributed by atoms with Crippen molar-refractivity contribution < 1.29 is 24.2 Å². The molecule has 0 unspecified atom stereocenters. The van der Waals surface area contributed by atoms with Gasteiger partial charge in [-0.15, -0.1) is 0 Å². The molecule has 1 atom stereocenters. The number of carboxylic acids is 1. The highest BCUT2D eigenvalue weighted by atomic mass is 35.5. The molecule has 1 N–H and O–H groups in total. The zero-order chi connectivity index (χ0) is 37.3. The summed E-state index contributed by atoms with van der Waals surface area (Å²) >= 11 is 13.5. The minimum Gasteiger partial charge on any atom is -0.496 e. The molecule has 0 aliphatic carbocycles. The van der Waals surface area contributed by atoms with E-state index in [0.29, 0.717) is 59.0 Å². The number of anilines is 1. The lowest BCUT2D eigenvalue weighted by Crippen LogP contribution is -2.43. The molecule has 3 aromatic heterocycles. The van der Waals surface area contributed by atoms with E-state index in [9.17, 15) is 9.90 Å². The number of hydrogen-bond acceptors (Lipinski definition) is 5. The fourth-order valence-electron chi connectivity index (χ4n) is 7.99. The number of amides is 1. The van der Waals surface area contributed by atoms with Crippen LogP contribution in [0.15, 0.2) is 42.6 Å². The number of nitrogens with zero attached hydrogens (tertiary/aromatic N) is 5. The van der Waals surface area contributed by atoms with E-state index >= 15 is 4.79 Å². The molecule has 0 saturated heterocycles. The van der Waals surface area contributed by atoms with E-state index < -0.39 is 5.97 Å². The Kier molecular flexibility index (Phi) is 9.03. The van der Waals surface area contributed by atoms with Gasteiger partial charge in [-0.25, -0.2) is 4.79 Å². The standard InChI is InChI=1S/C40H41Cl2N5O5/c1-20-16-25(17-21(2)35(20)42)52-15-9-10-26-27-11-12-29(41)34(32-23(4)43-45(7)24(32)5)36(27)47-22(3)18-46(39(48)37(26)47)30-13-14-31(51-8)33-28(40(49)50)19-44(6)38(30)33/h11-14,16-17,19,22H,9-10,15,18H2,1-8H3,(H,49,50)/t22-/m1/s1. The number of carbonyl (C=O) groups is 2. The van der Waals surface area contributed by atoms with Crippen LogP contribution in [0.25, 0.3) is 32.9 Å². The lowest BCUT2D eigenvalue weighted by molar-refractivity contribution is 0.0698. The van der Waals surface area contributed by atoms with E-state index in [1.165, 1.54) is 7.11 Å². The van der Waals surface area contributed by atoms with Gasteiger partial charge in [0.2, 0.25) is 0 Å². The van der Waals surface area contributed by atoms with Crippen LogP contribution in [-0.4, -0.2) is 56.2 Å². The van der Waals surface area contributed by atoms with Crippen molar-refractivity contribution in [2.45, 2.75) is 53.5 Å².